The predicted octanol–water partition coefficient (Wildman–Crippen LogP) is 3.47. The Hall–Kier alpha value is -0.0800. The van der Waals surface area contributed by atoms with E-state index >= 15 is 0 Å². The Kier molecular flexibility index (Phi) is 7.46. The van der Waals surface area contributed by atoms with Crippen LogP contribution in [0.3, 0.4) is 0 Å². The van der Waals surface area contributed by atoms with Gasteiger partial charge in [-0.2, -0.15) is 4.89 Å². The fourth-order valence-corrected chi connectivity index (χ4v) is 1.93. The van der Waals surface area contributed by atoms with Crippen LogP contribution in [0.25, 0.3) is 0 Å². The number of rotatable bonds is 4. The molecule has 0 fully saturated rings. The summed E-state index contributed by atoms with van der Waals surface area (Å²) in [5.74, 6) is 0. The zero-order valence-electron chi connectivity index (χ0n) is 10.5. The topological polar surface area (TPSA) is 77.8 Å². The second-order valence-electron chi connectivity index (χ2n) is 3.90. The van der Waals surface area contributed by atoms with Crippen LogP contribution in [-0.2, 0) is 10.7 Å². The van der Waals surface area contributed by atoms with E-state index in [9.17, 15) is 4.57 Å². The van der Waals surface area contributed by atoms with Gasteiger partial charge in [-0.3, -0.25) is 0 Å². The first kappa shape index (κ1) is 17.9. The van der Waals surface area contributed by atoms with E-state index in [2.05, 4.69) is 0 Å². The molecule has 0 amide bonds. The summed E-state index contributed by atoms with van der Waals surface area (Å²) in [6, 6.07) is 9.27. The van der Waals surface area contributed by atoms with Gasteiger partial charge in [0.15, 0.2) is 0 Å². The molecule has 0 radical (unpaired) electrons. The third-order valence-corrected chi connectivity index (χ3v) is 6.99. The van der Waals surface area contributed by atoms with Crippen LogP contribution in [0.15, 0.2) is 30.3 Å². The van der Waals surface area contributed by atoms with Crippen LogP contribution in [0.5, 0.6) is 0 Å². The molecule has 1 aromatic carbocycles. The first-order valence-corrected chi connectivity index (χ1v) is 10.4. The van der Waals surface area contributed by atoms with Crippen molar-refractivity contribution in [2.45, 2.75) is 20.0 Å². The minimum atomic E-state index is -3.63. The molecule has 0 bridgehead atoms. The minimum Gasteiger partial charge on any atom is -0.160 e. The Morgan fingerprint density at radius 1 is 1.17 bits per heavy atom. The molecule has 7 heteroatoms. The minimum absolute atomic E-state index is 0.260. The van der Waals surface area contributed by atoms with Crippen molar-refractivity contribution >= 4 is 25.7 Å². The zero-order chi connectivity index (χ0) is 14.3. The van der Waals surface area contributed by atoms with Gasteiger partial charge in [-0.25, -0.2) is 0 Å². The maximum absolute atomic E-state index is 10.3. The zero-order valence-corrected chi connectivity index (χ0v) is 13.1. The van der Waals surface area contributed by atoms with E-state index in [0.29, 0.717) is 0 Å². The predicted molar refractivity (Wildman–Crippen MR) is 78.3 cm³/mol. The molecule has 1 rings (SSSR count). The molecule has 0 aliphatic rings. The molecule has 18 heavy (non-hydrogen) atoms. The Balaban J connectivity index is 0.000000331. The van der Waals surface area contributed by atoms with Gasteiger partial charge < -0.3 is 0 Å². The standard InChI is InChI=1S/C7H7O2P.C4H12ClO2P/c8-10(9)6-7-4-2-1-3-5-7;1-3-8(5,6,7)4-2/h1-5H,6H2;6-7H,3-4H2,1-2H3/p+1. The van der Waals surface area contributed by atoms with Gasteiger partial charge in [0, 0.05) is 5.56 Å². The van der Waals surface area contributed by atoms with Gasteiger partial charge in [-0.15, -0.1) is 0 Å². The summed E-state index contributed by atoms with van der Waals surface area (Å²) in [5, 5.41) is 0. The third-order valence-electron chi connectivity index (χ3n) is 2.41. The van der Waals surface area contributed by atoms with Crippen LogP contribution in [-0.4, -0.2) is 27.0 Å². The quantitative estimate of drug-likeness (QED) is 0.744. The summed E-state index contributed by atoms with van der Waals surface area (Å²) >= 11 is 5.40. The Bertz CT molecular complexity index is 368. The summed E-state index contributed by atoms with van der Waals surface area (Å²) in [5.41, 5.74) is 0.908. The van der Waals surface area contributed by atoms with Gasteiger partial charge >= 0.3 is 61.6 Å². The normalized spacial score (nSPS) is 13.9. The molecule has 0 aromatic heterocycles. The van der Waals surface area contributed by atoms with Crippen LogP contribution >= 0.6 is 25.7 Å². The molecule has 104 valence electrons. The van der Waals surface area contributed by atoms with E-state index in [1.165, 1.54) is 0 Å². The molecule has 0 spiro atoms. The summed E-state index contributed by atoms with van der Waals surface area (Å²) < 4.78 is 10.3. The first-order valence-electron chi connectivity index (χ1n) is 5.58. The van der Waals surface area contributed by atoms with E-state index in [4.69, 9.17) is 25.9 Å². The monoisotopic (exact) mass is 313 g/mol. The van der Waals surface area contributed by atoms with E-state index in [0.717, 1.165) is 5.56 Å². The van der Waals surface area contributed by atoms with Crippen molar-refractivity contribution in [3.8, 4) is 0 Å². The Labute approximate surface area is 113 Å². The van der Waals surface area contributed by atoms with E-state index in [-0.39, 0.29) is 18.5 Å². The second kappa shape index (κ2) is 7.49. The maximum Gasteiger partial charge on any atom is 0.510 e. The largest absolute Gasteiger partial charge is 0.510 e. The summed E-state index contributed by atoms with van der Waals surface area (Å²) in [6.45, 7) is 3.35. The number of benzene rings is 1. The molecule has 4 nitrogen and oxygen atoms in total. The van der Waals surface area contributed by atoms with Gasteiger partial charge in [0.2, 0.25) is 6.16 Å². The average Bonchev–Trinajstić information content (AvgIpc) is 2.30. The molecule has 1 unspecified atom stereocenters. The maximum atomic E-state index is 10.3. The first-order chi connectivity index (χ1) is 8.18. The summed E-state index contributed by atoms with van der Waals surface area (Å²) in [4.78, 5) is 26.6. The van der Waals surface area contributed by atoms with Crippen LogP contribution in [0.4, 0.5) is 0 Å². The van der Waals surface area contributed by atoms with Crippen LogP contribution < -0.4 is 0 Å². The van der Waals surface area contributed by atoms with E-state index < -0.39 is 14.4 Å². The molecule has 0 saturated heterocycles. The van der Waals surface area contributed by atoms with Gasteiger partial charge in [-0.05, 0) is 4.57 Å². The van der Waals surface area contributed by atoms with Gasteiger partial charge in [0.25, 0.3) is 0 Å². The molecule has 0 aliphatic heterocycles. The van der Waals surface area contributed by atoms with Crippen molar-refractivity contribution in [1.29, 1.82) is 0 Å². The molecule has 0 heterocycles. The molecule has 0 aliphatic carbocycles. The molecular weight excluding hydrogens is 294 g/mol. The van der Waals surface area contributed by atoms with Crippen molar-refractivity contribution in [2.24, 2.45) is 0 Å². The van der Waals surface area contributed by atoms with Crippen LogP contribution in [0.2, 0.25) is 0 Å². The van der Waals surface area contributed by atoms with Crippen LogP contribution in [0.1, 0.15) is 19.4 Å². The van der Waals surface area contributed by atoms with Gasteiger partial charge in [-0.1, -0.05) is 30.3 Å². The smallest absolute Gasteiger partial charge is 0.160 e. The fourth-order valence-electron chi connectivity index (χ4n) is 0.963. The fraction of sp³-hybridized carbons (Fsp3) is 0.455. The van der Waals surface area contributed by atoms with Gasteiger partial charge in [0.05, 0.1) is 0 Å². The molecule has 1 atom stereocenters. The SMILES string of the molecule is CCP(O)(O)(Cl)CC.O=[P+](O)Cc1ccccc1. The molecular formula is C11H20ClO4P2+. The van der Waals surface area contributed by atoms with Crippen LogP contribution in [0, 0.1) is 0 Å². The number of hydrogen-bond acceptors (Lipinski definition) is 3. The van der Waals surface area contributed by atoms with Gasteiger partial charge in [0.1, 0.15) is 0 Å². The van der Waals surface area contributed by atoms with Crippen molar-refractivity contribution in [2.75, 3.05) is 12.3 Å². The Morgan fingerprint density at radius 3 is 1.89 bits per heavy atom. The molecule has 3 N–H and O–H groups in total. The Morgan fingerprint density at radius 2 is 1.61 bits per heavy atom. The second-order valence-corrected chi connectivity index (χ2v) is 11.1. The van der Waals surface area contributed by atoms with Crippen molar-refractivity contribution in [3.63, 3.8) is 0 Å². The summed E-state index contributed by atoms with van der Waals surface area (Å²) in [7, 11) is -2.03. The molecule has 1 aromatic rings. The van der Waals surface area contributed by atoms with Crippen molar-refractivity contribution in [1.82, 2.24) is 0 Å². The third kappa shape index (κ3) is 8.93. The molecule has 0 saturated carbocycles. The summed E-state index contributed by atoms with van der Waals surface area (Å²) in [6.07, 6.45) is -2.83. The van der Waals surface area contributed by atoms with Crippen molar-refractivity contribution < 1.29 is 19.2 Å². The average molecular weight is 314 g/mol. The number of hydrogen-bond donors (Lipinski definition) is 3. The van der Waals surface area contributed by atoms with E-state index in [1.54, 1.807) is 13.8 Å². The van der Waals surface area contributed by atoms with E-state index in [1.807, 2.05) is 30.3 Å². The number of halogens is 1. The van der Waals surface area contributed by atoms with Crippen molar-refractivity contribution in [3.05, 3.63) is 35.9 Å².